The van der Waals surface area contributed by atoms with Crippen LogP contribution in [0.15, 0.2) is 48.9 Å². The minimum absolute atomic E-state index is 0.0307. The molecule has 26 heavy (non-hydrogen) atoms. The first-order valence-corrected chi connectivity index (χ1v) is 8.72. The largest absolute Gasteiger partial charge is 0.366 e. The van der Waals surface area contributed by atoms with E-state index in [1.807, 2.05) is 43.1 Å². The minimum atomic E-state index is -0.416. The van der Waals surface area contributed by atoms with E-state index in [-0.39, 0.29) is 5.41 Å². The fourth-order valence-corrected chi connectivity index (χ4v) is 3.02. The van der Waals surface area contributed by atoms with E-state index in [2.05, 4.69) is 44.0 Å². The third-order valence-electron chi connectivity index (χ3n) is 4.55. The normalized spacial score (nSPS) is 11.6. The first-order chi connectivity index (χ1) is 12.1. The number of hydrogen-bond donors (Lipinski definition) is 1. The van der Waals surface area contributed by atoms with Gasteiger partial charge in [-0.2, -0.15) is 0 Å². The van der Waals surface area contributed by atoms with Crippen molar-refractivity contribution in [2.75, 3.05) is 0 Å². The maximum atomic E-state index is 12.0. The molecule has 0 aliphatic carbocycles. The zero-order valence-corrected chi connectivity index (χ0v) is 16.0. The van der Waals surface area contributed by atoms with Crippen LogP contribution in [0, 0.1) is 13.8 Å². The number of nitrogens with zero attached hydrogens (tertiary/aromatic N) is 2. The van der Waals surface area contributed by atoms with Crippen molar-refractivity contribution < 1.29 is 4.79 Å². The number of benzene rings is 2. The van der Waals surface area contributed by atoms with E-state index >= 15 is 0 Å². The Bertz CT molecular complexity index is 977. The summed E-state index contributed by atoms with van der Waals surface area (Å²) in [6.07, 6.45) is 3.81. The highest BCUT2D eigenvalue weighted by Gasteiger charge is 2.18. The zero-order valence-electron chi connectivity index (χ0n) is 16.0. The number of aryl methyl sites for hydroxylation is 2. The Morgan fingerprint density at radius 3 is 2.38 bits per heavy atom. The van der Waals surface area contributed by atoms with Crippen molar-refractivity contribution in [2.45, 2.75) is 40.0 Å². The molecular weight excluding hydrogens is 322 g/mol. The van der Waals surface area contributed by atoms with Crippen LogP contribution in [-0.2, 0) is 5.41 Å². The predicted octanol–water partition coefficient (Wildman–Crippen LogP) is 4.55. The Balaban J connectivity index is 2.28. The molecule has 0 spiro atoms. The molecule has 0 aliphatic rings. The average molecular weight is 347 g/mol. The van der Waals surface area contributed by atoms with Gasteiger partial charge in [0.05, 0.1) is 12.0 Å². The number of amides is 1. The SMILES string of the molecule is Cc1ccc(C(N)=O)c(-c2cc(-n3cnc(C)c3)cc(C(C)(C)C)c2)c1. The Morgan fingerprint density at radius 1 is 1.08 bits per heavy atom. The van der Waals surface area contributed by atoms with Gasteiger partial charge in [0.25, 0.3) is 0 Å². The summed E-state index contributed by atoms with van der Waals surface area (Å²) < 4.78 is 2.01. The van der Waals surface area contributed by atoms with Gasteiger partial charge in [-0.3, -0.25) is 4.79 Å². The van der Waals surface area contributed by atoms with Gasteiger partial charge >= 0.3 is 0 Å². The fourth-order valence-electron chi connectivity index (χ4n) is 3.02. The monoisotopic (exact) mass is 347 g/mol. The molecule has 2 N–H and O–H groups in total. The zero-order chi connectivity index (χ0) is 19.1. The molecule has 0 fully saturated rings. The van der Waals surface area contributed by atoms with Gasteiger partial charge in [0.1, 0.15) is 0 Å². The van der Waals surface area contributed by atoms with Crippen LogP contribution in [0.2, 0.25) is 0 Å². The molecule has 0 unspecified atom stereocenters. The van der Waals surface area contributed by atoms with Crippen molar-refractivity contribution in [3.8, 4) is 16.8 Å². The highest BCUT2D eigenvalue weighted by molar-refractivity contribution is 6.00. The molecule has 3 rings (SSSR count). The lowest BCUT2D eigenvalue weighted by molar-refractivity contribution is 0.100. The lowest BCUT2D eigenvalue weighted by atomic mass is 9.84. The topological polar surface area (TPSA) is 60.9 Å². The number of hydrogen-bond acceptors (Lipinski definition) is 2. The van der Waals surface area contributed by atoms with Gasteiger partial charge in [0, 0.05) is 17.4 Å². The van der Waals surface area contributed by atoms with Crippen molar-refractivity contribution >= 4 is 5.91 Å². The number of imidazole rings is 1. The summed E-state index contributed by atoms with van der Waals surface area (Å²) in [6, 6.07) is 12.1. The molecule has 4 nitrogen and oxygen atoms in total. The van der Waals surface area contributed by atoms with Crippen molar-refractivity contribution in [3.63, 3.8) is 0 Å². The van der Waals surface area contributed by atoms with E-state index < -0.39 is 5.91 Å². The summed E-state index contributed by atoms with van der Waals surface area (Å²) >= 11 is 0. The second-order valence-electron chi connectivity index (χ2n) is 7.85. The summed E-state index contributed by atoms with van der Waals surface area (Å²) in [5.74, 6) is -0.416. The molecule has 0 radical (unpaired) electrons. The molecule has 4 heteroatoms. The van der Waals surface area contributed by atoms with E-state index in [1.54, 1.807) is 6.07 Å². The summed E-state index contributed by atoms with van der Waals surface area (Å²) in [5.41, 5.74) is 12.2. The molecule has 0 bridgehead atoms. The van der Waals surface area contributed by atoms with E-state index in [1.165, 1.54) is 5.56 Å². The summed E-state index contributed by atoms with van der Waals surface area (Å²) in [6.45, 7) is 10.5. The maximum absolute atomic E-state index is 12.0. The van der Waals surface area contributed by atoms with E-state index in [0.717, 1.165) is 28.1 Å². The molecule has 1 heterocycles. The molecule has 1 amide bonds. The number of aromatic nitrogens is 2. The van der Waals surface area contributed by atoms with Gasteiger partial charge in [-0.15, -0.1) is 0 Å². The second-order valence-corrected chi connectivity index (χ2v) is 7.85. The van der Waals surface area contributed by atoms with Gasteiger partial charge in [-0.25, -0.2) is 4.98 Å². The summed E-state index contributed by atoms with van der Waals surface area (Å²) in [4.78, 5) is 16.3. The van der Waals surface area contributed by atoms with Crippen LogP contribution in [0.25, 0.3) is 16.8 Å². The Morgan fingerprint density at radius 2 is 1.81 bits per heavy atom. The first-order valence-electron chi connectivity index (χ1n) is 8.72. The van der Waals surface area contributed by atoms with E-state index in [4.69, 9.17) is 5.73 Å². The average Bonchev–Trinajstić information content (AvgIpc) is 3.00. The van der Waals surface area contributed by atoms with Crippen LogP contribution in [0.1, 0.15) is 48.0 Å². The van der Waals surface area contributed by atoms with Crippen LogP contribution in [0.4, 0.5) is 0 Å². The van der Waals surface area contributed by atoms with Crippen LogP contribution in [0.3, 0.4) is 0 Å². The van der Waals surface area contributed by atoms with Gasteiger partial charge < -0.3 is 10.3 Å². The second kappa shape index (κ2) is 6.45. The molecular formula is C22H25N3O. The van der Waals surface area contributed by atoms with Crippen LogP contribution < -0.4 is 5.73 Å². The Kier molecular flexibility index (Phi) is 4.45. The number of carbonyl (C=O) groups excluding carboxylic acids is 1. The smallest absolute Gasteiger partial charge is 0.249 e. The lowest BCUT2D eigenvalue weighted by Crippen LogP contribution is -2.14. The highest BCUT2D eigenvalue weighted by atomic mass is 16.1. The van der Waals surface area contributed by atoms with Crippen molar-refractivity contribution in [1.82, 2.24) is 9.55 Å². The molecule has 0 atom stereocenters. The Hall–Kier alpha value is -2.88. The third kappa shape index (κ3) is 3.54. The summed E-state index contributed by atoms with van der Waals surface area (Å²) in [5, 5.41) is 0. The number of nitrogens with two attached hydrogens (primary N) is 1. The molecule has 2 aromatic carbocycles. The van der Waals surface area contributed by atoms with Gasteiger partial charge in [-0.05, 0) is 54.2 Å². The number of rotatable bonds is 3. The lowest BCUT2D eigenvalue weighted by Gasteiger charge is -2.22. The highest BCUT2D eigenvalue weighted by Crippen LogP contribution is 2.33. The number of carbonyl (C=O) groups is 1. The first kappa shape index (κ1) is 17.9. The number of primary amides is 1. The molecule has 134 valence electrons. The third-order valence-corrected chi connectivity index (χ3v) is 4.55. The Labute approximate surface area is 154 Å². The molecule has 0 saturated carbocycles. The van der Waals surface area contributed by atoms with E-state index in [9.17, 15) is 4.79 Å². The maximum Gasteiger partial charge on any atom is 0.249 e. The standard InChI is InChI=1S/C22H25N3O/c1-14-6-7-19(21(23)26)20(8-14)16-9-17(22(3,4)5)11-18(10-16)25-12-15(2)24-13-25/h6-13H,1-5H3,(H2,23,26). The molecule has 3 aromatic rings. The molecule has 0 saturated heterocycles. The van der Waals surface area contributed by atoms with Gasteiger partial charge in [0.15, 0.2) is 0 Å². The van der Waals surface area contributed by atoms with Crippen molar-refractivity contribution in [3.05, 3.63) is 71.3 Å². The molecule has 0 aliphatic heterocycles. The van der Waals surface area contributed by atoms with Crippen LogP contribution in [-0.4, -0.2) is 15.5 Å². The van der Waals surface area contributed by atoms with Crippen LogP contribution >= 0.6 is 0 Å². The van der Waals surface area contributed by atoms with Crippen molar-refractivity contribution in [1.29, 1.82) is 0 Å². The van der Waals surface area contributed by atoms with Gasteiger partial charge in [-0.1, -0.05) is 44.5 Å². The van der Waals surface area contributed by atoms with E-state index in [0.29, 0.717) is 5.56 Å². The summed E-state index contributed by atoms with van der Waals surface area (Å²) in [7, 11) is 0. The van der Waals surface area contributed by atoms with Crippen LogP contribution in [0.5, 0.6) is 0 Å². The fraction of sp³-hybridized carbons (Fsp3) is 0.273. The molecule has 1 aromatic heterocycles. The minimum Gasteiger partial charge on any atom is -0.366 e. The van der Waals surface area contributed by atoms with Crippen molar-refractivity contribution in [2.24, 2.45) is 5.73 Å². The predicted molar refractivity (Wildman–Crippen MR) is 106 cm³/mol. The van der Waals surface area contributed by atoms with Gasteiger partial charge in [0.2, 0.25) is 5.91 Å². The quantitative estimate of drug-likeness (QED) is 0.755.